The zero-order valence-corrected chi connectivity index (χ0v) is 11.6. The van der Waals surface area contributed by atoms with E-state index in [1.165, 1.54) is 0 Å². The van der Waals surface area contributed by atoms with Gasteiger partial charge in [-0.2, -0.15) is 4.68 Å². The topological polar surface area (TPSA) is 64.9 Å². The molecule has 0 aliphatic carbocycles. The van der Waals surface area contributed by atoms with Crippen LogP contribution in [0.5, 0.6) is 0 Å². The van der Waals surface area contributed by atoms with Gasteiger partial charge in [0.15, 0.2) is 5.82 Å². The second kappa shape index (κ2) is 6.58. The minimum absolute atomic E-state index is 0.600. The molecule has 1 aromatic heterocycles. The molecule has 0 saturated heterocycles. The maximum Gasteiger partial charge on any atom is 0.170 e. The van der Waals surface area contributed by atoms with Gasteiger partial charge in [0.1, 0.15) is 0 Å². The molecule has 2 rings (SSSR count). The minimum Gasteiger partial charge on any atom is -0.383 e. The number of methoxy groups -OCH3 is 1. The summed E-state index contributed by atoms with van der Waals surface area (Å²) in [5.74, 6) is 0.768. The first kappa shape index (κ1) is 13.1. The predicted octanol–water partition coefficient (Wildman–Crippen LogP) is 1.16. The molecule has 96 valence electrons. The van der Waals surface area contributed by atoms with Crippen LogP contribution in [0.1, 0.15) is 5.82 Å². The van der Waals surface area contributed by atoms with Crippen molar-refractivity contribution in [3.05, 3.63) is 34.6 Å². The molecular formula is C11H14BrN5O. The average molecular weight is 312 g/mol. The molecule has 0 unspecified atom stereocenters. The molecule has 0 bridgehead atoms. The van der Waals surface area contributed by atoms with E-state index in [2.05, 4.69) is 36.8 Å². The number of ether oxygens (including phenoxy) is 1. The van der Waals surface area contributed by atoms with Gasteiger partial charge in [0.2, 0.25) is 0 Å². The molecule has 0 aliphatic rings. The molecule has 1 aromatic carbocycles. The van der Waals surface area contributed by atoms with E-state index in [-0.39, 0.29) is 0 Å². The summed E-state index contributed by atoms with van der Waals surface area (Å²) in [4.78, 5) is 0. The Morgan fingerprint density at radius 3 is 3.11 bits per heavy atom. The molecule has 18 heavy (non-hydrogen) atoms. The number of nitrogens with one attached hydrogen (secondary N) is 1. The number of nitrogens with zero attached hydrogens (tertiary/aromatic N) is 4. The van der Waals surface area contributed by atoms with Crippen molar-refractivity contribution in [1.82, 2.24) is 25.5 Å². The highest BCUT2D eigenvalue weighted by Gasteiger charge is 2.07. The summed E-state index contributed by atoms with van der Waals surface area (Å²) in [5, 5.41) is 14.9. The highest BCUT2D eigenvalue weighted by Crippen LogP contribution is 2.15. The van der Waals surface area contributed by atoms with Gasteiger partial charge in [-0.3, -0.25) is 0 Å². The molecule has 0 atom stereocenters. The fourth-order valence-corrected chi connectivity index (χ4v) is 1.89. The van der Waals surface area contributed by atoms with Crippen LogP contribution >= 0.6 is 15.9 Å². The normalized spacial score (nSPS) is 10.8. The molecule has 1 N–H and O–H groups in total. The van der Waals surface area contributed by atoms with E-state index in [4.69, 9.17) is 4.74 Å². The van der Waals surface area contributed by atoms with Crippen molar-refractivity contribution in [2.24, 2.45) is 0 Å². The highest BCUT2D eigenvalue weighted by molar-refractivity contribution is 9.10. The summed E-state index contributed by atoms with van der Waals surface area (Å²) in [7, 11) is 1.67. The van der Waals surface area contributed by atoms with E-state index >= 15 is 0 Å². The van der Waals surface area contributed by atoms with Gasteiger partial charge in [0, 0.05) is 18.1 Å². The molecule has 0 saturated carbocycles. The average Bonchev–Trinajstić information content (AvgIpc) is 2.83. The Morgan fingerprint density at radius 2 is 2.33 bits per heavy atom. The van der Waals surface area contributed by atoms with Gasteiger partial charge < -0.3 is 10.1 Å². The molecule has 7 heteroatoms. The standard InChI is InChI=1S/C11H14BrN5O/c1-18-6-5-13-8-11-14-15-16-17(11)10-4-2-3-9(12)7-10/h2-4,7,13H,5-6,8H2,1H3. The highest BCUT2D eigenvalue weighted by atomic mass is 79.9. The summed E-state index contributed by atoms with van der Waals surface area (Å²) in [6.45, 7) is 2.03. The third kappa shape index (κ3) is 3.34. The molecule has 6 nitrogen and oxygen atoms in total. The molecule has 0 spiro atoms. The first-order valence-corrected chi connectivity index (χ1v) is 6.33. The van der Waals surface area contributed by atoms with E-state index in [1.54, 1.807) is 11.8 Å². The fraction of sp³-hybridized carbons (Fsp3) is 0.364. The van der Waals surface area contributed by atoms with Gasteiger partial charge in [-0.25, -0.2) is 0 Å². The smallest absolute Gasteiger partial charge is 0.170 e. The lowest BCUT2D eigenvalue weighted by molar-refractivity contribution is 0.199. The second-order valence-electron chi connectivity index (χ2n) is 3.66. The molecule has 1 heterocycles. The zero-order chi connectivity index (χ0) is 12.8. The summed E-state index contributed by atoms with van der Waals surface area (Å²) >= 11 is 3.43. The summed E-state index contributed by atoms with van der Waals surface area (Å²) in [5.41, 5.74) is 0.929. The van der Waals surface area contributed by atoms with Crippen LogP contribution in [0.4, 0.5) is 0 Å². The van der Waals surface area contributed by atoms with Gasteiger partial charge in [0.05, 0.1) is 18.8 Å². The molecule has 0 amide bonds. The second-order valence-corrected chi connectivity index (χ2v) is 4.57. The van der Waals surface area contributed by atoms with E-state index in [9.17, 15) is 0 Å². The Hall–Kier alpha value is -1.31. The SMILES string of the molecule is COCCNCc1nnnn1-c1cccc(Br)c1. The first-order valence-electron chi connectivity index (χ1n) is 5.54. The summed E-state index contributed by atoms with van der Waals surface area (Å²) in [6.07, 6.45) is 0. The Balaban J connectivity index is 2.08. The number of rotatable bonds is 6. The summed E-state index contributed by atoms with van der Waals surface area (Å²) in [6, 6.07) is 7.84. The van der Waals surface area contributed by atoms with Crippen molar-refractivity contribution in [2.45, 2.75) is 6.54 Å². The van der Waals surface area contributed by atoms with Gasteiger partial charge in [0.25, 0.3) is 0 Å². The predicted molar refractivity (Wildman–Crippen MR) is 70.4 cm³/mol. The van der Waals surface area contributed by atoms with Crippen LogP contribution in [0.2, 0.25) is 0 Å². The lowest BCUT2D eigenvalue weighted by Gasteiger charge is -2.06. The number of hydrogen-bond donors (Lipinski definition) is 1. The number of halogens is 1. The number of aromatic nitrogens is 4. The quantitative estimate of drug-likeness (QED) is 0.811. The van der Waals surface area contributed by atoms with Crippen LogP contribution in [-0.2, 0) is 11.3 Å². The van der Waals surface area contributed by atoms with Gasteiger partial charge in [-0.15, -0.1) is 5.10 Å². The Morgan fingerprint density at radius 1 is 1.44 bits per heavy atom. The molecular weight excluding hydrogens is 298 g/mol. The monoisotopic (exact) mass is 311 g/mol. The van der Waals surface area contributed by atoms with Gasteiger partial charge in [-0.05, 0) is 28.6 Å². The van der Waals surface area contributed by atoms with E-state index in [1.807, 2.05) is 24.3 Å². The maximum absolute atomic E-state index is 4.96. The van der Waals surface area contributed by atoms with Crippen molar-refractivity contribution < 1.29 is 4.74 Å². The largest absolute Gasteiger partial charge is 0.383 e. The van der Waals surface area contributed by atoms with Crippen LogP contribution in [-0.4, -0.2) is 40.5 Å². The Kier molecular flexibility index (Phi) is 4.80. The van der Waals surface area contributed by atoms with Gasteiger partial charge in [-0.1, -0.05) is 22.0 Å². The Bertz CT molecular complexity index is 502. The van der Waals surface area contributed by atoms with Crippen LogP contribution < -0.4 is 5.32 Å². The number of benzene rings is 1. The van der Waals surface area contributed by atoms with Crippen LogP contribution in [0.3, 0.4) is 0 Å². The van der Waals surface area contributed by atoms with Crippen LogP contribution in [0.25, 0.3) is 5.69 Å². The lowest BCUT2D eigenvalue weighted by Crippen LogP contribution is -2.21. The van der Waals surface area contributed by atoms with Crippen molar-refractivity contribution in [1.29, 1.82) is 0 Å². The Labute approximate surface area is 113 Å². The van der Waals surface area contributed by atoms with Crippen molar-refractivity contribution >= 4 is 15.9 Å². The van der Waals surface area contributed by atoms with Crippen molar-refractivity contribution in [3.8, 4) is 5.69 Å². The van der Waals surface area contributed by atoms with Gasteiger partial charge >= 0.3 is 0 Å². The zero-order valence-electron chi connectivity index (χ0n) is 10.0. The van der Waals surface area contributed by atoms with E-state index < -0.39 is 0 Å². The first-order chi connectivity index (χ1) is 8.81. The third-order valence-electron chi connectivity index (χ3n) is 2.35. The fourth-order valence-electron chi connectivity index (χ4n) is 1.50. The van der Waals surface area contributed by atoms with Crippen LogP contribution in [0, 0.1) is 0 Å². The number of tetrazole rings is 1. The van der Waals surface area contributed by atoms with E-state index in [0.717, 1.165) is 22.5 Å². The minimum atomic E-state index is 0.600. The maximum atomic E-state index is 4.96. The molecule has 0 aliphatic heterocycles. The van der Waals surface area contributed by atoms with Crippen molar-refractivity contribution in [2.75, 3.05) is 20.3 Å². The summed E-state index contributed by atoms with van der Waals surface area (Å²) < 4.78 is 7.67. The molecule has 2 aromatic rings. The molecule has 0 fully saturated rings. The third-order valence-corrected chi connectivity index (χ3v) is 2.85. The number of hydrogen-bond acceptors (Lipinski definition) is 5. The lowest BCUT2D eigenvalue weighted by atomic mass is 10.3. The van der Waals surface area contributed by atoms with Crippen molar-refractivity contribution in [3.63, 3.8) is 0 Å². The van der Waals surface area contributed by atoms with Crippen LogP contribution in [0.15, 0.2) is 28.7 Å². The molecule has 0 radical (unpaired) electrons. The van der Waals surface area contributed by atoms with E-state index in [0.29, 0.717) is 13.2 Å².